The average Bonchev–Trinajstić information content (AvgIpc) is 2.38. The maximum absolute atomic E-state index is 9.14. The Kier molecular flexibility index (Phi) is 3.56. The molecule has 0 spiro atoms. The van der Waals surface area contributed by atoms with Gasteiger partial charge < -0.3 is 15.6 Å². The summed E-state index contributed by atoms with van der Waals surface area (Å²) < 4.78 is 5.52. The van der Waals surface area contributed by atoms with Crippen LogP contribution in [0.4, 0.5) is 0 Å². The molecular formula is C13H16N2O2. The smallest absolute Gasteiger partial charge is 0.145 e. The van der Waals surface area contributed by atoms with Crippen LogP contribution in [-0.2, 0) is 0 Å². The zero-order valence-corrected chi connectivity index (χ0v) is 9.76. The fourth-order valence-corrected chi connectivity index (χ4v) is 1.86. The van der Waals surface area contributed by atoms with Gasteiger partial charge in [0.1, 0.15) is 11.3 Å². The Morgan fingerprint density at radius 1 is 1.41 bits per heavy atom. The number of rotatable bonds is 4. The molecule has 1 unspecified atom stereocenters. The van der Waals surface area contributed by atoms with Gasteiger partial charge in [-0.05, 0) is 24.6 Å². The highest BCUT2D eigenvalue weighted by atomic mass is 16.5. The zero-order valence-electron chi connectivity index (χ0n) is 9.76. The second-order valence-electron chi connectivity index (χ2n) is 3.77. The van der Waals surface area contributed by atoms with E-state index in [4.69, 9.17) is 15.6 Å². The summed E-state index contributed by atoms with van der Waals surface area (Å²) in [6.07, 6.45) is 1.72. The molecule has 0 saturated heterocycles. The minimum absolute atomic E-state index is 0.0853. The molecule has 4 heteroatoms. The Morgan fingerprint density at radius 2 is 2.24 bits per heavy atom. The van der Waals surface area contributed by atoms with Crippen LogP contribution >= 0.6 is 0 Å². The average molecular weight is 232 g/mol. The number of pyridine rings is 1. The van der Waals surface area contributed by atoms with Crippen molar-refractivity contribution in [3.63, 3.8) is 0 Å². The van der Waals surface area contributed by atoms with Crippen LogP contribution in [0.15, 0.2) is 30.5 Å². The second-order valence-corrected chi connectivity index (χ2v) is 3.77. The number of aliphatic hydroxyl groups excluding tert-OH is 1. The highest BCUT2D eigenvalue weighted by Crippen LogP contribution is 2.29. The Balaban J connectivity index is 2.62. The summed E-state index contributed by atoms with van der Waals surface area (Å²) in [7, 11) is 0. The lowest BCUT2D eigenvalue weighted by Crippen LogP contribution is -2.15. The first-order valence-corrected chi connectivity index (χ1v) is 5.64. The van der Waals surface area contributed by atoms with E-state index in [9.17, 15) is 0 Å². The van der Waals surface area contributed by atoms with Gasteiger partial charge in [-0.15, -0.1) is 0 Å². The molecule has 0 fully saturated rings. The van der Waals surface area contributed by atoms with Crippen LogP contribution in [-0.4, -0.2) is 23.3 Å². The molecule has 1 heterocycles. The van der Waals surface area contributed by atoms with Crippen LogP contribution in [0.1, 0.15) is 18.5 Å². The van der Waals surface area contributed by atoms with Gasteiger partial charge >= 0.3 is 0 Å². The molecule has 90 valence electrons. The van der Waals surface area contributed by atoms with Gasteiger partial charge in [-0.3, -0.25) is 4.98 Å². The number of nitrogens with two attached hydrogens (primary N) is 1. The topological polar surface area (TPSA) is 68.4 Å². The van der Waals surface area contributed by atoms with Crippen molar-refractivity contribution in [1.29, 1.82) is 0 Å². The molecule has 0 radical (unpaired) electrons. The van der Waals surface area contributed by atoms with E-state index in [2.05, 4.69) is 4.98 Å². The van der Waals surface area contributed by atoms with E-state index in [1.807, 2.05) is 31.2 Å². The molecule has 1 aromatic carbocycles. The van der Waals surface area contributed by atoms with E-state index < -0.39 is 6.04 Å². The van der Waals surface area contributed by atoms with Crippen LogP contribution in [0.2, 0.25) is 0 Å². The molecular weight excluding hydrogens is 216 g/mol. The number of aliphatic hydroxyl groups is 1. The molecule has 4 nitrogen and oxygen atoms in total. The molecule has 17 heavy (non-hydrogen) atoms. The fourth-order valence-electron chi connectivity index (χ4n) is 1.86. The van der Waals surface area contributed by atoms with Crippen LogP contribution in [0, 0.1) is 0 Å². The lowest BCUT2D eigenvalue weighted by molar-refractivity contribution is 0.268. The highest BCUT2D eigenvalue weighted by Gasteiger charge is 2.12. The van der Waals surface area contributed by atoms with Crippen LogP contribution < -0.4 is 10.5 Å². The quantitative estimate of drug-likeness (QED) is 0.840. The van der Waals surface area contributed by atoms with E-state index in [0.29, 0.717) is 6.61 Å². The lowest BCUT2D eigenvalue weighted by Gasteiger charge is -2.14. The number of nitrogens with zero attached hydrogens (tertiary/aromatic N) is 1. The number of benzene rings is 1. The van der Waals surface area contributed by atoms with Crippen LogP contribution in [0.5, 0.6) is 5.75 Å². The van der Waals surface area contributed by atoms with Gasteiger partial charge in [0.15, 0.2) is 0 Å². The predicted molar refractivity (Wildman–Crippen MR) is 66.9 cm³/mol. The molecule has 2 rings (SSSR count). The van der Waals surface area contributed by atoms with Gasteiger partial charge in [0.2, 0.25) is 0 Å². The van der Waals surface area contributed by atoms with Crippen molar-refractivity contribution in [3.05, 3.63) is 36.0 Å². The first kappa shape index (κ1) is 11.8. The maximum Gasteiger partial charge on any atom is 0.145 e. The number of aromatic nitrogens is 1. The molecule has 0 amide bonds. The first-order valence-electron chi connectivity index (χ1n) is 5.64. The third-order valence-electron chi connectivity index (χ3n) is 2.66. The van der Waals surface area contributed by atoms with Crippen molar-refractivity contribution in [3.8, 4) is 5.75 Å². The summed E-state index contributed by atoms with van der Waals surface area (Å²) in [5.74, 6) is 0.747. The largest absolute Gasteiger partial charge is 0.492 e. The number of fused-ring (bicyclic) bond motifs is 1. The summed E-state index contributed by atoms with van der Waals surface area (Å²) in [6.45, 7) is 2.44. The molecule has 1 atom stereocenters. The standard InChI is InChI=1S/C13H16N2O2/c1-2-17-12-6-5-9(11(14)8-16)10-4-3-7-15-13(10)12/h3-7,11,16H,2,8,14H2,1H3. The summed E-state index contributed by atoms with van der Waals surface area (Å²) in [4.78, 5) is 4.31. The molecule has 2 aromatic rings. The number of ether oxygens (including phenoxy) is 1. The SMILES string of the molecule is CCOc1ccc(C(N)CO)c2cccnc12. The Hall–Kier alpha value is -1.65. The zero-order chi connectivity index (χ0) is 12.3. The molecule has 0 aliphatic rings. The van der Waals surface area contributed by atoms with E-state index in [1.165, 1.54) is 0 Å². The summed E-state index contributed by atoms with van der Waals surface area (Å²) in [6, 6.07) is 7.14. The number of hydrogen-bond acceptors (Lipinski definition) is 4. The Bertz CT molecular complexity index is 514. The lowest BCUT2D eigenvalue weighted by atomic mass is 10.0. The summed E-state index contributed by atoms with van der Waals surface area (Å²) >= 11 is 0. The second kappa shape index (κ2) is 5.12. The van der Waals surface area contributed by atoms with E-state index in [1.54, 1.807) is 6.20 Å². The summed E-state index contributed by atoms with van der Waals surface area (Å²) in [5, 5.41) is 10.1. The first-order chi connectivity index (χ1) is 8.27. The van der Waals surface area contributed by atoms with Crippen molar-refractivity contribution in [2.75, 3.05) is 13.2 Å². The van der Waals surface area contributed by atoms with E-state index in [0.717, 1.165) is 22.2 Å². The third kappa shape index (κ3) is 2.23. The van der Waals surface area contributed by atoms with Gasteiger partial charge in [0.25, 0.3) is 0 Å². The van der Waals surface area contributed by atoms with Crippen molar-refractivity contribution < 1.29 is 9.84 Å². The van der Waals surface area contributed by atoms with Crippen molar-refractivity contribution in [2.45, 2.75) is 13.0 Å². The summed E-state index contributed by atoms with van der Waals surface area (Å²) in [5.41, 5.74) is 7.54. The van der Waals surface area contributed by atoms with Crippen molar-refractivity contribution in [1.82, 2.24) is 4.98 Å². The highest BCUT2D eigenvalue weighted by molar-refractivity contribution is 5.87. The fraction of sp³-hybridized carbons (Fsp3) is 0.308. The Labute approximate surface area is 100 Å². The van der Waals surface area contributed by atoms with Gasteiger partial charge in [0, 0.05) is 11.6 Å². The van der Waals surface area contributed by atoms with Crippen molar-refractivity contribution >= 4 is 10.9 Å². The maximum atomic E-state index is 9.14. The van der Waals surface area contributed by atoms with Gasteiger partial charge in [-0.1, -0.05) is 12.1 Å². The Morgan fingerprint density at radius 3 is 2.94 bits per heavy atom. The van der Waals surface area contributed by atoms with Gasteiger partial charge in [-0.25, -0.2) is 0 Å². The van der Waals surface area contributed by atoms with Gasteiger partial charge in [-0.2, -0.15) is 0 Å². The number of hydrogen-bond donors (Lipinski definition) is 2. The molecule has 0 aliphatic heterocycles. The van der Waals surface area contributed by atoms with Crippen molar-refractivity contribution in [2.24, 2.45) is 5.73 Å². The normalized spacial score (nSPS) is 12.6. The van der Waals surface area contributed by atoms with Gasteiger partial charge in [0.05, 0.1) is 19.3 Å². The van der Waals surface area contributed by atoms with Crippen LogP contribution in [0.25, 0.3) is 10.9 Å². The van der Waals surface area contributed by atoms with E-state index >= 15 is 0 Å². The molecule has 3 N–H and O–H groups in total. The monoisotopic (exact) mass is 232 g/mol. The molecule has 0 aliphatic carbocycles. The van der Waals surface area contributed by atoms with E-state index in [-0.39, 0.29) is 6.61 Å². The van der Waals surface area contributed by atoms with Crippen LogP contribution in [0.3, 0.4) is 0 Å². The molecule has 0 saturated carbocycles. The minimum Gasteiger partial charge on any atom is -0.492 e. The molecule has 1 aromatic heterocycles. The minimum atomic E-state index is -0.391. The molecule has 0 bridgehead atoms. The third-order valence-corrected chi connectivity index (χ3v) is 2.66. The predicted octanol–water partition coefficient (Wildman–Crippen LogP) is 1.63.